The molecule has 9 heteroatoms. The summed E-state index contributed by atoms with van der Waals surface area (Å²) in [5, 5.41) is 18.0. The van der Waals surface area contributed by atoms with Crippen LogP contribution in [0.3, 0.4) is 0 Å². The number of amides is 1. The molecule has 2 bridgehead atoms. The first kappa shape index (κ1) is 13.1. The summed E-state index contributed by atoms with van der Waals surface area (Å²) in [4.78, 5) is 22.9. The molecular formula is C9H13NO7S. The number of fused-ring (bicyclic) bond motifs is 2. The van der Waals surface area contributed by atoms with Crippen LogP contribution in [-0.4, -0.2) is 60.0 Å². The summed E-state index contributed by atoms with van der Waals surface area (Å²) in [7, 11) is -3.68. The van der Waals surface area contributed by atoms with Gasteiger partial charge in [0.25, 0.3) is 10.1 Å². The Kier molecular flexibility index (Phi) is 2.98. The monoisotopic (exact) mass is 279 g/mol. The molecule has 0 unspecified atom stereocenters. The van der Waals surface area contributed by atoms with Crippen LogP contribution < -0.4 is 0 Å². The van der Waals surface area contributed by atoms with Gasteiger partial charge in [-0.15, -0.1) is 0 Å². The van der Waals surface area contributed by atoms with Gasteiger partial charge in [-0.2, -0.15) is 8.42 Å². The molecule has 2 fully saturated rings. The van der Waals surface area contributed by atoms with Gasteiger partial charge in [-0.25, -0.2) is 9.59 Å². The van der Waals surface area contributed by atoms with Crippen LogP contribution in [0.4, 0.5) is 4.79 Å². The summed E-state index contributed by atoms with van der Waals surface area (Å²) < 4.78 is 26.9. The molecule has 102 valence electrons. The van der Waals surface area contributed by atoms with E-state index in [1.54, 1.807) is 0 Å². The molecule has 0 radical (unpaired) electrons. The highest BCUT2D eigenvalue weighted by atomic mass is 32.2. The van der Waals surface area contributed by atoms with Crippen LogP contribution in [0, 0.1) is 5.92 Å². The largest absolute Gasteiger partial charge is 0.480 e. The van der Waals surface area contributed by atoms with Gasteiger partial charge in [0, 0.05) is 0 Å². The molecule has 18 heavy (non-hydrogen) atoms. The third-order valence-electron chi connectivity index (χ3n) is 3.38. The fourth-order valence-corrected chi connectivity index (χ4v) is 3.56. The van der Waals surface area contributed by atoms with Gasteiger partial charge in [-0.1, -0.05) is 0 Å². The van der Waals surface area contributed by atoms with E-state index in [0.717, 1.165) is 11.2 Å². The Morgan fingerprint density at radius 2 is 1.89 bits per heavy atom. The van der Waals surface area contributed by atoms with Gasteiger partial charge in [0.15, 0.2) is 0 Å². The van der Waals surface area contributed by atoms with E-state index in [2.05, 4.69) is 0 Å². The molecule has 1 aliphatic carbocycles. The van der Waals surface area contributed by atoms with Crippen LogP contribution in [0.1, 0.15) is 12.8 Å². The summed E-state index contributed by atoms with van der Waals surface area (Å²) in [5.74, 6) is -1.60. The van der Waals surface area contributed by atoms with Crippen molar-refractivity contribution in [2.24, 2.45) is 5.92 Å². The number of hydrogen-bond acceptors (Lipinski definition) is 5. The van der Waals surface area contributed by atoms with Crippen molar-refractivity contribution in [2.45, 2.75) is 31.0 Å². The number of aliphatic carboxylic acids is 1. The van der Waals surface area contributed by atoms with Gasteiger partial charge in [0.2, 0.25) is 0 Å². The average molecular weight is 279 g/mol. The third kappa shape index (κ3) is 2.15. The molecule has 2 N–H and O–H groups in total. The second kappa shape index (κ2) is 4.09. The maximum Gasteiger partial charge on any atom is 0.408 e. The standard InChI is InChI=1S/C9H13NO7S/c1-18(15,16)17-6-3-4-2-5(6)10(9(13)14)7(4)8(11)12/h4-7H,2-3H2,1H3,(H,11,12)(H,13,14)/t4-,5+,6+,7-/m0/s1. The van der Waals surface area contributed by atoms with E-state index >= 15 is 0 Å². The Hall–Kier alpha value is -1.35. The summed E-state index contributed by atoms with van der Waals surface area (Å²) in [6.07, 6.45) is -0.686. The van der Waals surface area contributed by atoms with Crippen molar-refractivity contribution in [3.63, 3.8) is 0 Å². The minimum atomic E-state index is -3.68. The Morgan fingerprint density at radius 1 is 1.28 bits per heavy atom. The van der Waals surface area contributed by atoms with Crippen molar-refractivity contribution in [1.82, 2.24) is 4.90 Å². The zero-order chi connectivity index (χ0) is 13.7. The molecule has 4 atom stereocenters. The van der Waals surface area contributed by atoms with E-state index in [1.165, 1.54) is 0 Å². The third-order valence-corrected chi connectivity index (χ3v) is 3.98. The quantitative estimate of drug-likeness (QED) is 0.671. The second-order valence-electron chi connectivity index (χ2n) is 4.61. The highest BCUT2D eigenvalue weighted by Crippen LogP contribution is 2.44. The Morgan fingerprint density at radius 3 is 2.33 bits per heavy atom. The molecule has 0 aromatic carbocycles. The van der Waals surface area contributed by atoms with E-state index in [-0.39, 0.29) is 6.42 Å². The van der Waals surface area contributed by atoms with Crippen molar-refractivity contribution in [1.29, 1.82) is 0 Å². The smallest absolute Gasteiger partial charge is 0.408 e. The lowest BCUT2D eigenvalue weighted by atomic mass is 9.98. The fraction of sp³-hybridized carbons (Fsp3) is 0.778. The van der Waals surface area contributed by atoms with Crippen LogP contribution in [0.2, 0.25) is 0 Å². The molecule has 1 amide bonds. The van der Waals surface area contributed by atoms with Crippen LogP contribution in [0.15, 0.2) is 0 Å². The molecule has 8 nitrogen and oxygen atoms in total. The number of piperidine rings is 1. The number of rotatable bonds is 3. The molecule has 1 saturated heterocycles. The molecule has 0 spiro atoms. The first-order valence-electron chi connectivity index (χ1n) is 5.33. The first-order valence-corrected chi connectivity index (χ1v) is 7.14. The number of nitrogens with zero attached hydrogens (tertiary/aromatic N) is 1. The van der Waals surface area contributed by atoms with Crippen LogP contribution in [0.5, 0.6) is 0 Å². The van der Waals surface area contributed by atoms with Gasteiger partial charge < -0.3 is 10.2 Å². The number of likely N-dealkylation sites (tertiary alicyclic amines) is 1. The molecular weight excluding hydrogens is 266 g/mol. The molecule has 1 aliphatic heterocycles. The zero-order valence-electron chi connectivity index (χ0n) is 9.51. The van der Waals surface area contributed by atoms with Gasteiger partial charge in [-0.3, -0.25) is 9.08 Å². The summed E-state index contributed by atoms with van der Waals surface area (Å²) >= 11 is 0. The molecule has 1 saturated carbocycles. The highest BCUT2D eigenvalue weighted by Gasteiger charge is 2.57. The summed E-state index contributed by atoms with van der Waals surface area (Å²) in [6.45, 7) is 0. The van der Waals surface area contributed by atoms with Gasteiger partial charge in [0.05, 0.1) is 18.4 Å². The maximum atomic E-state index is 11.1. The van der Waals surface area contributed by atoms with E-state index in [0.29, 0.717) is 6.42 Å². The minimum absolute atomic E-state index is 0.248. The van der Waals surface area contributed by atoms with E-state index in [1.807, 2.05) is 0 Å². The van der Waals surface area contributed by atoms with Gasteiger partial charge >= 0.3 is 12.1 Å². The Bertz CT molecular complexity index is 487. The fourth-order valence-electron chi connectivity index (χ4n) is 2.91. The van der Waals surface area contributed by atoms with Crippen molar-refractivity contribution >= 4 is 22.2 Å². The second-order valence-corrected chi connectivity index (χ2v) is 6.21. The van der Waals surface area contributed by atoms with E-state index < -0.39 is 46.3 Å². The lowest BCUT2D eigenvalue weighted by molar-refractivity contribution is -0.145. The predicted molar refractivity (Wildman–Crippen MR) is 57.5 cm³/mol. The average Bonchev–Trinajstić information content (AvgIpc) is 2.70. The summed E-state index contributed by atoms with van der Waals surface area (Å²) in [6, 6.07) is -1.81. The number of carboxylic acids is 1. The normalized spacial score (nSPS) is 34.8. The van der Waals surface area contributed by atoms with Crippen molar-refractivity contribution in [3.05, 3.63) is 0 Å². The Labute approximate surface area is 103 Å². The van der Waals surface area contributed by atoms with Crippen LogP contribution in [-0.2, 0) is 19.1 Å². The lowest BCUT2D eigenvalue weighted by Gasteiger charge is -2.34. The topological polar surface area (TPSA) is 121 Å². The first-order chi connectivity index (χ1) is 8.20. The minimum Gasteiger partial charge on any atom is -0.480 e. The zero-order valence-corrected chi connectivity index (χ0v) is 10.3. The van der Waals surface area contributed by atoms with Gasteiger partial charge in [0.1, 0.15) is 6.04 Å². The van der Waals surface area contributed by atoms with Crippen molar-refractivity contribution in [3.8, 4) is 0 Å². The maximum absolute atomic E-state index is 11.1. The van der Waals surface area contributed by atoms with Gasteiger partial charge in [-0.05, 0) is 18.8 Å². The number of carbonyl (C=O) groups is 2. The number of hydrogen-bond donors (Lipinski definition) is 2. The predicted octanol–water partition coefficient (Wildman–Crippen LogP) is -0.443. The molecule has 0 aromatic heterocycles. The van der Waals surface area contributed by atoms with Crippen molar-refractivity contribution < 1.29 is 32.4 Å². The SMILES string of the molecule is CS(=O)(=O)O[C@@H]1C[C@@H]2C[C@H]1N(C(=O)O)[C@@H]2C(=O)O. The number of carboxylic acid groups (broad SMARTS) is 2. The molecule has 1 heterocycles. The van der Waals surface area contributed by atoms with E-state index in [4.69, 9.17) is 14.4 Å². The molecule has 2 rings (SSSR count). The molecule has 2 aliphatic rings. The lowest BCUT2D eigenvalue weighted by Crippen LogP contribution is -2.53. The summed E-state index contributed by atoms with van der Waals surface area (Å²) in [5.41, 5.74) is 0. The van der Waals surface area contributed by atoms with E-state index in [9.17, 15) is 18.0 Å². The van der Waals surface area contributed by atoms with Crippen LogP contribution >= 0.6 is 0 Å². The van der Waals surface area contributed by atoms with Crippen molar-refractivity contribution in [2.75, 3.05) is 6.26 Å². The highest BCUT2D eigenvalue weighted by molar-refractivity contribution is 7.86. The Balaban J connectivity index is 2.22. The molecule has 0 aromatic rings. The van der Waals surface area contributed by atoms with Crippen LogP contribution in [0.25, 0.3) is 0 Å².